The monoisotopic (exact) mass is 438 g/mol. The van der Waals surface area contributed by atoms with Crippen LogP contribution in [-0.2, 0) is 28.8 Å². The van der Waals surface area contributed by atoms with Crippen molar-refractivity contribution in [3.8, 4) is 0 Å². The molecule has 0 aromatic carbocycles. The Kier molecular flexibility index (Phi) is 20.1. The first-order chi connectivity index (χ1) is 13.7. The lowest BCUT2D eigenvalue weighted by Crippen LogP contribution is -2.16. The number of carboxylic acids is 6. The van der Waals surface area contributed by atoms with Crippen LogP contribution in [-0.4, -0.2) is 66.5 Å². The molecule has 0 radical (unpaired) electrons. The van der Waals surface area contributed by atoms with Gasteiger partial charge in [-0.05, 0) is 25.7 Å². The Balaban J connectivity index is -0.000000364. The third kappa shape index (κ3) is 27.0. The molecule has 12 heteroatoms. The molecule has 0 saturated heterocycles. The summed E-state index contributed by atoms with van der Waals surface area (Å²) in [6.45, 7) is 3.15. The van der Waals surface area contributed by atoms with E-state index in [0.29, 0.717) is 19.3 Å². The van der Waals surface area contributed by atoms with E-state index in [1.54, 1.807) is 6.92 Å². The Hall–Kier alpha value is -3.18. The summed E-state index contributed by atoms with van der Waals surface area (Å²) in [6, 6.07) is 0. The average Bonchev–Trinajstić information content (AvgIpc) is 2.61. The van der Waals surface area contributed by atoms with Crippen molar-refractivity contribution in [2.45, 2.75) is 65.2 Å². The van der Waals surface area contributed by atoms with Gasteiger partial charge in [0.15, 0.2) is 0 Å². The average molecular weight is 438 g/mol. The predicted molar refractivity (Wildman–Crippen MR) is 101 cm³/mol. The van der Waals surface area contributed by atoms with Crippen molar-refractivity contribution in [3.63, 3.8) is 0 Å². The molecule has 2 atom stereocenters. The fourth-order valence-corrected chi connectivity index (χ4v) is 1.63. The van der Waals surface area contributed by atoms with Crippen molar-refractivity contribution in [2.24, 2.45) is 11.8 Å². The van der Waals surface area contributed by atoms with Crippen molar-refractivity contribution in [2.75, 3.05) is 0 Å². The lowest BCUT2D eigenvalue weighted by Gasteiger charge is -2.03. The first-order valence-electron chi connectivity index (χ1n) is 9.07. The van der Waals surface area contributed by atoms with E-state index in [1.165, 1.54) is 6.92 Å². The van der Waals surface area contributed by atoms with Crippen LogP contribution in [0.1, 0.15) is 65.2 Å². The molecule has 30 heavy (non-hydrogen) atoms. The van der Waals surface area contributed by atoms with Gasteiger partial charge in [0.2, 0.25) is 0 Å². The first kappa shape index (κ1) is 31.5. The number of hydrogen-bond acceptors (Lipinski definition) is 6. The highest BCUT2D eigenvalue weighted by molar-refractivity contribution is 5.77. The Labute approximate surface area is 173 Å². The molecule has 0 fully saturated rings. The van der Waals surface area contributed by atoms with Gasteiger partial charge in [-0.25, -0.2) is 0 Å². The third-order valence-corrected chi connectivity index (χ3v) is 3.51. The molecule has 12 nitrogen and oxygen atoms in total. The quantitative estimate of drug-likeness (QED) is 0.227. The lowest BCUT2D eigenvalue weighted by atomic mass is 10.0. The van der Waals surface area contributed by atoms with Crippen molar-refractivity contribution in [1.82, 2.24) is 0 Å². The molecule has 0 rings (SSSR count). The van der Waals surface area contributed by atoms with E-state index in [0.717, 1.165) is 0 Å². The van der Waals surface area contributed by atoms with Crippen LogP contribution < -0.4 is 0 Å². The molecule has 0 spiro atoms. The predicted octanol–water partition coefficient (Wildman–Crippen LogP) is 1.86. The molecule has 0 aliphatic carbocycles. The van der Waals surface area contributed by atoms with Crippen molar-refractivity contribution >= 4 is 35.8 Å². The molecular formula is C18H30O12. The minimum atomic E-state index is -1.06. The Bertz CT molecular complexity index is 554. The van der Waals surface area contributed by atoms with Gasteiger partial charge in [-0.15, -0.1) is 0 Å². The van der Waals surface area contributed by atoms with Crippen LogP contribution >= 0.6 is 0 Å². The van der Waals surface area contributed by atoms with Crippen molar-refractivity contribution in [1.29, 1.82) is 0 Å². The van der Waals surface area contributed by atoms with Gasteiger partial charge >= 0.3 is 35.8 Å². The zero-order valence-corrected chi connectivity index (χ0v) is 16.9. The number of rotatable bonds is 13. The third-order valence-electron chi connectivity index (χ3n) is 3.51. The van der Waals surface area contributed by atoms with E-state index in [2.05, 4.69) is 0 Å². The fraction of sp³-hybridized carbons (Fsp3) is 0.667. The van der Waals surface area contributed by atoms with E-state index in [4.69, 9.17) is 30.6 Å². The van der Waals surface area contributed by atoms with Crippen molar-refractivity contribution < 1.29 is 59.4 Å². The summed E-state index contributed by atoms with van der Waals surface area (Å²) in [4.78, 5) is 60.1. The number of carbonyl (C=O) groups is 6. The molecule has 0 bridgehead atoms. The van der Waals surface area contributed by atoms with Crippen LogP contribution in [0.25, 0.3) is 0 Å². The molecule has 0 saturated carbocycles. The topological polar surface area (TPSA) is 224 Å². The summed E-state index contributed by atoms with van der Waals surface area (Å²) in [5, 5.41) is 49.3. The van der Waals surface area contributed by atoms with E-state index in [-0.39, 0.29) is 32.1 Å². The van der Waals surface area contributed by atoms with Gasteiger partial charge in [0, 0.05) is 19.3 Å². The minimum absolute atomic E-state index is 0.0628. The van der Waals surface area contributed by atoms with Gasteiger partial charge in [0.25, 0.3) is 0 Å². The van der Waals surface area contributed by atoms with Crippen molar-refractivity contribution in [3.05, 3.63) is 0 Å². The molecular weight excluding hydrogens is 408 g/mol. The van der Waals surface area contributed by atoms with Gasteiger partial charge in [-0.1, -0.05) is 13.8 Å². The number of hydrogen-bond donors (Lipinski definition) is 6. The summed E-state index contributed by atoms with van der Waals surface area (Å²) < 4.78 is 0. The maximum Gasteiger partial charge on any atom is 0.307 e. The second-order valence-electron chi connectivity index (χ2n) is 6.21. The van der Waals surface area contributed by atoms with Crippen LogP contribution in [0, 0.1) is 11.8 Å². The Morgan fingerprint density at radius 3 is 1.23 bits per heavy atom. The Morgan fingerprint density at radius 2 is 1.03 bits per heavy atom. The maximum atomic E-state index is 10.2. The number of carboxylic acid groups (broad SMARTS) is 6. The van der Waals surface area contributed by atoms with Crippen LogP contribution in [0.5, 0.6) is 0 Å². The second kappa shape index (κ2) is 19.2. The zero-order valence-electron chi connectivity index (χ0n) is 16.9. The Morgan fingerprint density at radius 1 is 0.633 bits per heavy atom. The van der Waals surface area contributed by atoms with Crippen LogP contribution in [0.3, 0.4) is 0 Å². The molecule has 0 aromatic rings. The highest BCUT2D eigenvalue weighted by atomic mass is 16.4. The summed E-state index contributed by atoms with van der Waals surface area (Å²) in [5.74, 6) is -7.03. The van der Waals surface area contributed by atoms with Gasteiger partial charge in [-0.2, -0.15) is 0 Å². The normalized spacial score (nSPS) is 11.4. The summed E-state index contributed by atoms with van der Waals surface area (Å²) >= 11 is 0. The largest absolute Gasteiger partial charge is 0.481 e. The smallest absolute Gasteiger partial charge is 0.307 e. The second-order valence-corrected chi connectivity index (χ2v) is 6.21. The van der Waals surface area contributed by atoms with Gasteiger partial charge in [0.1, 0.15) is 0 Å². The van der Waals surface area contributed by atoms with Gasteiger partial charge in [-0.3, -0.25) is 28.8 Å². The summed E-state index contributed by atoms with van der Waals surface area (Å²) in [5.41, 5.74) is 0. The molecule has 2 unspecified atom stereocenters. The zero-order chi connectivity index (χ0) is 24.3. The van der Waals surface area contributed by atoms with Gasteiger partial charge in [0.05, 0.1) is 18.3 Å². The van der Waals surface area contributed by atoms with E-state index in [9.17, 15) is 28.8 Å². The summed E-state index contributed by atoms with van der Waals surface area (Å²) in [7, 11) is 0. The first-order valence-corrected chi connectivity index (χ1v) is 9.07. The van der Waals surface area contributed by atoms with Gasteiger partial charge < -0.3 is 30.6 Å². The maximum absolute atomic E-state index is 10.2. The molecule has 174 valence electrons. The lowest BCUT2D eigenvalue weighted by molar-refractivity contribution is -0.148. The van der Waals surface area contributed by atoms with Crippen LogP contribution in [0.4, 0.5) is 0 Å². The fourth-order valence-electron chi connectivity index (χ4n) is 1.63. The minimum Gasteiger partial charge on any atom is -0.481 e. The van der Waals surface area contributed by atoms with E-state index < -0.39 is 47.7 Å². The standard InChI is InChI=1S/3C6H10O4/c1-4(6(9)10)2-3-5(7)8;1-2-4(6(9)10)3-5(7)8;7-5(8)3-1-2-4-6(9)10/h2*4H,2-3H2,1H3,(H,7,8)(H,9,10);1-4H2,(H,7,8)(H,9,10). The van der Waals surface area contributed by atoms with Crippen LogP contribution in [0.15, 0.2) is 0 Å². The molecule has 0 aliphatic rings. The van der Waals surface area contributed by atoms with E-state index >= 15 is 0 Å². The SMILES string of the molecule is CC(CCC(=O)O)C(=O)O.CCC(CC(=O)O)C(=O)O.O=C(O)CCCCC(=O)O. The molecule has 0 aromatic heterocycles. The van der Waals surface area contributed by atoms with Crippen LogP contribution in [0.2, 0.25) is 0 Å². The molecule has 0 aliphatic heterocycles. The number of unbranched alkanes of at least 4 members (excludes halogenated alkanes) is 1. The highest BCUT2D eigenvalue weighted by Crippen LogP contribution is 2.07. The molecule has 6 N–H and O–H groups in total. The van der Waals surface area contributed by atoms with E-state index in [1.807, 2.05) is 0 Å². The molecule has 0 heterocycles. The highest BCUT2D eigenvalue weighted by Gasteiger charge is 2.17. The molecule has 0 amide bonds. The number of aliphatic carboxylic acids is 6. The summed E-state index contributed by atoms with van der Waals surface area (Å²) in [6.07, 6.45) is 1.22.